The highest BCUT2D eigenvalue weighted by atomic mass is 16.7. The Labute approximate surface area is 188 Å². The van der Waals surface area contributed by atoms with Crippen LogP contribution in [0.15, 0.2) is 46.4 Å². The van der Waals surface area contributed by atoms with E-state index in [1.165, 1.54) is 12.5 Å². The van der Waals surface area contributed by atoms with E-state index in [0.29, 0.717) is 43.2 Å². The Morgan fingerprint density at radius 1 is 1.06 bits per heavy atom. The van der Waals surface area contributed by atoms with Crippen LogP contribution in [0.4, 0.5) is 5.82 Å². The second kappa shape index (κ2) is 8.41. The standard InChI is InChI=1S/C22H22N6O5/c1-14-8-19(25-12-24-14)26-4-6-27(7-5-26)20(29)16-10-23-22(31)28(21(16)30)11-15-2-3-17-18(9-15)33-13-32-17/h2-3,8-10,12H,4-7,11,13H2,1H3,(H,23,31). The molecule has 0 spiro atoms. The number of benzene rings is 1. The van der Waals surface area contributed by atoms with Crippen molar-refractivity contribution in [3.63, 3.8) is 0 Å². The topological polar surface area (TPSA) is 123 Å². The first-order valence-electron chi connectivity index (χ1n) is 10.5. The minimum Gasteiger partial charge on any atom is -0.454 e. The van der Waals surface area contributed by atoms with Crippen molar-refractivity contribution in [2.24, 2.45) is 0 Å². The Morgan fingerprint density at radius 2 is 1.85 bits per heavy atom. The zero-order chi connectivity index (χ0) is 22.9. The SMILES string of the molecule is Cc1cc(N2CCN(C(=O)c3c[nH]c(=O)n(Cc4ccc5c(c4)OCO5)c3=O)CC2)ncn1. The highest BCUT2D eigenvalue weighted by Crippen LogP contribution is 2.32. The van der Waals surface area contributed by atoms with Crippen LogP contribution in [-0.4, -0.2) is 63.3 Å². The van der Waals surface area contributed by atoms with Crippen LogP contribution >= 0.6 is 0 Å². The molecule has 0 aliphatic carbocycles. The van der Waals surface area contributed by atoms with Gasteiger partial charge in [-0.15, -0.1) is 0 Å². The number of carbonyl (C=O) groups excluding carboxylic acids is 1. The van der Waals surface area contributed by atoms with E-state index >= 15 is 0 Å². The van der Waals surface area contributed by atoms with E-state index < -0.39 is 17.2 Å². The van der Waals surface area contributed by atoms with Gasteiger partial charge in [0.05, 0.1) is 6.54 Å². The molecular weight excluding hydrogens is 428 g/mol. The van der Waals surface area contributed by atoms with E-state index in [0.717, 1.165) is 16.1 Å². The minimum absolute atomic E-state index is 0.00671. The Hall–Kier alpha value is -4.15. The van der Waals surface area contributed by atoms with Crippen LogP contribution in [-0.2, 0) is 6.54 Å². The van der Waals surface area contributed by atoms with Gasteiger partial charge in [0.15, 0.2) is 11.5 Å². The normalized spacial score (nSPS) is 15.1. The number of aromatic amines is 1. The maximum absolute atomic E-state index is 13.1. The van der Waals surface area contributed by atoms with Gasteiger partial charge in [-0.25, -0.2) is 14.8 Å². The number of amides is 1. The molecule has 11 heteroatoms. The molecular formula is C22H22N6O5. The molecule has 3 aromatic rings. The summed E-state index contributed by atoms with van der Waals surface area (Å²) < 4.78 is 11.7. The summed E-state index contributed by atoms with van der Waals surface area (Å²) in [5, 5.41) is 0. The van der Waals surface area contributed by atoms with Crippen molar-refractivity contribution in [1.29, 1.82) is 0 Å². The number of anilines is 1. The van der Waals surface area contributed by atoms with Crippen LogP contribution in [0.5, 0.6) is 11.5 Å². The summed E-state index contributed by atoms with van der Waals surface area (Å²) in [5.74, 6) is 1.57. The third-order valence-electron chi connectivity index (χ3n) is 5.75. The van der Waals surface area contributed by atoms with E-state index in [1.54, 1.807) is 23.1 Å². The third kappa shape index (κ3) is 4.04. The predicted octanol–water partition coefficient (Wildman–Crippen LogP) is 0.374. The van der Waals surface area contributed by atoms with Crippen molar-refractivity contribution in [3.05, 3.63) is 74.4 Å². The lowest BCUT2D eigenvalue weighted by Gasteiger charge is -2.35. The number of hydrogen-bond acceptors (Lipinski definition) is 8. The molecule has 1 fully saturated rings. The average Bonchev–Trinajstić information content (AvgIpc) is 3.29. The maximum Gasteiger partial charge on any atom is 0.328 e. The summed E-state index contributed by atoms with van der Waals surface area (Å²) in [5.41, 5.74) is 0.273. The zero-order valence-corrected chi connectivity index (χ0v) is 18.0. The number of H-pyrrole nitrogens is 1. The number of aryl methyl sites for hydroxylation is 1. The molecule has 0 bridgehead atoms. The first-order valence-corrected chi connectivity index (χ1v) is 10.5. The van der Waals surface area contributed by atoms with Crippen molar-refractivity contribution in [2.75, 3.05) is 37.9 Å². The maximum atomic E-state index is 13.1. The van der Waals surface area contributed by atoms with Gasteiger partial charge in [0.2, 0.25) is 6.79 Å². The Balaban J connectivity index is 1.33. The summed E-state index contributed by atoms with van der Waals surface area (Å²) in [7, 11) is 0. The van der Waals surface area contributed by atoms with Gasteiger partial charge >= 0.3 is 5.69 Å². The molecule has 2 aromatic heterocycles. The lowest BCUT2D eigenvalue weighted by molar-refractivity contribution is 0.0743. The van der Waals surface area contributed by atoms with Gasteiger partial charge in [-0.1, -0.05) is 6.07 Å². The summed E-state index contributed by atoms with van der Waals surface area (Å²) in [4.78, 5) is 53.1. The van der Waals surface area contributed by atoms with Gasteiger partial charge in [0.1, 0.15) is 17.7 Å². The van der Waals surface area contributed by atoms with E-state index in [4.69, 9.17) is 9.47 Å². The van der Waals surface area contributed by atoms with Crippen LogP contribution in [0.3, 0.4) is 0 Å². The number of hydrogen-bond donors (Lipinski definition) is 1. The van der Waals surface area contributed by atoms with Crippen LogP contribution in [0.25, 0.3) is 0 Å². The molecule has 1 N–H and O–H groups in total. The first-order chi connectivity index (χ1) is 16.0. The molecule has 2 aliphatic heterocycles. The molecule has 33 heavy (non-hydrogen) atoms. The molecule has 1 saturated heterocycles. The highest BCUT2D eigenvalue weighted by Gasteiger charge is 2.26. The van der Waals surface area contributed by atoms with Crippen LogP contribution in [0.2, 0.25) is 0 Å². The van der Waals surface area contributed by atoms with Crippen molar-refractivity contribution in [2.45, 2.75) is 13.5 Å². The van der Waals surface area contributed by atoms with E-state index in [-0.39, 0.29) is 18.9 Å². The number of piperazine rings is 1. The molecule has 11 nitrogen and oxygen atoms in total. The van der Waals surface area contributed by atoms with Gasteiger partial charge in [-0.05, 0) is 24.6 Å². The van der Waals surface area contributed by atoms with Crippen molar-refractivity contribution in [3.8, 4) is 11.5 Å². The smallest absolute Gasteiger partial charge is 0.328 e. The number of ether oxygens (including phenoxy) is 2. The van der Waals surface area contributed by atoms with Gasteiger partial charge < -0.3 is 24.3 Å². The Kier molecular flexibility index (Phi) is 5.29. The molecule has 0 atom stereocenters. The first kappa shape index (κ1) is 20.7. The van der Waals surface area contributed by atoms with E-state index in [2.05, 4.69) is 19.9 Å². The van der Waals surface area contributed by atoms with E-state index in [9.17, 15) is 14.4 Å². The summed E-state index contributed by atoms with van der Waals surface area (Å²) in [6.45, 7) is 4.06. The fraction of sp³-hybridized carbons (Fsp3) is 0.318. The molecule has 0 radical (unpaired) electrons. The van der Waals surface area contributed by atoms with Crippen molar-refractivity contribution < 1.29 is 14.3 Å². The van der Waals surface area contributed by atoms with E-state index in [1.807, 2.05) is 13.0 Å². The Morgan fingerprint density at radius 3 is 2.64 bits per heavy atom. The lowest BCUT2D eigenvalue weighted by Crippen LogP contribution is -2.51. The largest absolute Gasteiger partial charge is 0.454 e. The average molecular weight is 450 g/mol. The predicted molar refractivity (Wildman–Crippen MR) is 118 cm³/mol. The minimum atomic E-state index is -0.629. The monoisotopic (exact) mass is 450 g/mol. The number of fused-ring (bicyclic) bond motifs is 1. The van der Waals surface area contributed by atoms with Crippen LogP contribution in [0.1, 0.15) is 21.6 Å². The molecule has 1 aromatic carbocycles. The summed E-state index contributed by atoms with van der Waals surface area (Å²) in [6.07, 6.45) is 2.72. The summed E-state index contributed by atoms with van der Waals surface area (Å²) >= 11 is 0. The fourth-order valence-electron chi connectivity index (χ4n) is 3.95. The van der Waals surface area contributed by atoms with Crippen LogP contribution in [0, 0.1) is 6.92 Å². The van der Waals surface area contributed by atoms with Crippen LogP contribution < -0.4 is 25.6 Å². The van der Waals surface area contributed by atoms with Crippen molar-refractivity contribution >= 4 is 11.7 Å². The van der Waals surface area contributed by atoms with Gasteiger partial charge in [0, 0.05) is 44.1 Å². The molecule has 4 heterocycles. The fourth-order valence-corrected chi connectivity index (χ4v) is 3.95. The molecule has 0 unspecified atom stereocenters. The number of carbonyl (C=O) groups is 1. The quantitative estimate of drug-likeness (QED) is 0.605. The van der Waals surface area contributed by atoms with Gasteiger partial charge in [-0.2, -0.15) is 0 Å². The van der Waals surface area contributed by atoms with Gasteiger partial charge in [0.25, 0.3) is 11.5 Å². The molecule has 2 aliphatic rings. The Bertz CT molecular complexity index is 1330. The lowest BCUT2D eigenvalue weighted by atomic mass is 10.2. The molecule has 5 rings (SSSR count). The molecule has 0 saturated carbocycles. The zero-order valence-electron chi connectivity index (χ0n) is 18.0. The highest BCUT2D eigenvalue weighted by molar-refractivity contribution is 5.93. The number of nitrogens with zero attached hydrogens (tertiary/aromatic N) is 5. The summed E-state index contributed by atoms with van der Waals surface area (Å²) in [6, 6.07) is 7.09. The third-order valence-corrected chi connectivity index (χ3v) is 5.75. The molecule has 170 valence electrons. The molecule has 1 amide bonds. The second-order valence-corrected chi connectivity index (χ2v) is 7.88. The number of nitrogens with one attached hydrogen (secondary N) is 1. The second-order valence-electron chi connectivity index (χ2n) is 7.88. The van der Waals surface area contributed by atoms with Gasteiger partial charge in [-0.3, -0.25) is 14.2 Å². The number of rotatable bonds is 4. The van der Waals surface area contributed by atoms with Crippen molar-refractivity contribution in [1.82, 2.24) is 24.4 Å². The number of aromatic nitrogens is 4.